The van der Waals surface area contributed by atoms with Crippen LogP contribution in [0.2, 0.25) is 0 Å². The Kier molecular flexibility index (Phi) is 2.32. The topological polar surface area (TPSA) is 74.6 Å². The normalized spacial score (nSPS) is 10.2. The van der Waals surface area contributed by atoms with Gasteiger partial charge in [-0.05, 0) is 22.9 Å². The third kappa shape index (κ3) is 1.61. The minimum atomic E-state index is -1.23. The molecule has 80 valence electrons. The van der Waals surface area contributed by atoms with Gasteiger partial charge in [0.05, 0.1) is 11.1 Å². The molecule has 0 fully saturated rings. The lowest BCUT2D eigenvalue weighted by Crippen LogP contribution is -2.07. The van der Waals surface area contributed by atoms with Crippen LogP contribution in [0, 0.1) is 0 Å². The van der Waals surface area contributed by atoms with E-state index in [1.165, 1.54) is 12.1 Å². The van der Waals surface area contributed by atoms with E-state index in [4.69, 9.17) is 10.2 Å². The summed E-state index contributed by atoms with van der Waals surface area (Å²) in [6.45, 7) is 0. The molecule has 0 saturated carbocycles. The van der Waals surface area contributed by atoms with Crippen molar-refractivity contribution in [1.29, 1.82) is 0 Å². The van der Waals surface area contributed by atoms with Gasteiger partial charge in [-0.25, -0.2) is 9.59 Å². The van der Waals surface area contributed by atoms with E-state index in [0.717, 1.165) is 0 Å². The second-order valence-electron chi connectivity index (χ2n) is 3.36. The van der Waals surface area contributed by atoms with Crippen LogP contribution in [0.1, 0.15) is 20.7 Å². The molecule has 0 aliphatic heterocycles. The standard InChI is InChI=1S/C12H8O4/c13-11(14)9-5-7-3-1-2-4-8(7)6-10(9)12(15)16/h1-6H,(H,13,14)(H,15,16). The maximum absolute atomic E-state index is 10.9. The Bertz CT molecular complexity index is 534. The molecule has 2 aromatic carbocycles. The highest BCUT2D eigenvalue weighted by molar-refractivity contribution is 6.06. The van der Waals surface area contributed by atoms with E-state index in [0.29, 0.717) is 10.8 Å². The fraction of sp³-hybridized carbons (Fsp3) is 0. The summed E-state index contributed by atoms with van der Waals surface area (Å²) in [6, 6.07) is 9.78. The van der Waals surface area contributed by atoms with Crippen LogP contribution in [0.15, 0.2) is 36.4 Å². The number of hydrogen-bond donors (Lipinski definition) is 2. The minimum absolute atomic E-state index is 0.189. The molecule has 16 heavy (non-hydrogen) atoms. The SMILES string of the molecule is O=C(O)c1cc2ccccc2cc1C(=O)O. The number of hydrogen-bond acceptors (Lipinski definition) is 2. The molecule has 2 N–H and O–H groups in total. The summed E-state index contributed by atoms with van der Waals surface area (Å²) in [7, 11) is 0. The predicted octanol–water partition coefficient (Wildman–Crippen LogP) is 2.24. The van der Waals surface area contributed by atoms with Crippen molar-refractivity contribution in [2.75, 3.05) is 0 Å². The maximum Gasteiger partial charge on any atom is 0.336 e. The Labute approximate surface area is 90.8 Å². The predicted molar refractivity (Wildman–Crippen MR) is 57.9 cm³/mol. The van der Waals surface area contributed by atoms with Gasteiger partial charge in [0.25, 0.3) is 0 Å². The number of carbonyl (C=O) groups is 2. The lowest BCUT2D eigenvalue weighted by Gasteiger charge is -2.04. The molecule has 0 unspecified atom stereocenters. The molecule has 4 nitrogen and oxygen atoms in total. The Hall–Kier alpha value is -2.36. The molecule has 0 amide bonds. The molecule has 0 spiro atoms. The quantitative estimate of drug-likeness (QED) is 0.807. The Morgan fingerprint density at radius 1 is 0.812 bits per heavy atom. The highest BCUT2D eigenvalue weighted by Gasteiger charge is 2.16. The van der Waals surface area contributed by atoms with E-state index in [9.17, 15) is 9.59 Å². The Balaban J connectivity index is 2.81. The monoisotopic (exact) mass is 216 g/mol. The average molecular weight is 216 g/mol. The highest BCUT2D eigenvalue weighted by atomic mass is 16.4. The molecular weight excluding hydrogens is 208 g/mol. The molecule has 0 aliphatic carbocycles. The largest absolute Gasteiger partial charge is 0.478 e. The number of carboxylic acid groups (broad SMARTS) is 2. The molecular formula is C12H8O4. The number of fused-ring (bicyclic) bond motifs is 1. The van der Waals surface area contributed by atoms with Gasteiger partial charge in [0.2, 0.25) is 0 Å². The van der Waals surface area contributed by atoms with E-state index >= 15 is 0 Å². The van der Waals surface area contributed by atoms with Gasteiger partial charge in [-0.2, -0.15) is 0 Å². The average Bonchev–Trinajstić information content (AvgIpc) is 2.27. The second kappa shape index (κ2) is 3.66. The van der Waals surface area contributed by atoms with E-state index in [1.54, 1.807) is 24.3 Å². The first-order valence-electron chi connectivity index (χ1n) is 4.59. The van der Waals surface area contributed by atoms with Gasteiger partial charge >= 0.3 is 11.9 Å². The minimum Gasteiger partial charge on any atom is -0.478 e. The van der Waals surface area contributed by atoms with Crippen molar-refractivity contribution in [2.24, 2.45) is 0 Å². The van der Waals surface area contributed by atoms with Gasteiger partial charge in [-0.15, -0.1) is 0 Å². The summed E-state index contributed by atoms with van der Waals surface area (Å²) in [6.07, 6.45) is 0. The zero-order valence-electron chi connectivity index (χ0n) is 8.18. The molecule has 0 aliphatic rings. The van der Waals surface area contributed by atoms with Crippen LogP contribution in [0.4, 0.5) is 0 Å². The molecule has 0 saturated heterocycles. The van der Waals surface area contributed by atoms with Crippen molar-refractivity contribution in [3.63, 3.8) is 0 Å². The van der Waals surface area contributed by atoms with Gasteiger partial charge in [0.1, 0.15) is 0 Å². The van der Waals surface area contributed by atoms with E-state index in [2.05, 4.69) is 0 Å². The summed E-state index contributed by atoms with van der Waals surface area (Å²) in [5.41, 5.74) is -0.377. The van der Waals surface area contributed by atoms with Crippen LogP contribution in [0.5, 0.6) is 0 Å². The van der Waals surface area contributed by atoms with Crippen molar-refractivity contribution in [1.82, 2.24) is 0 Å². The number of aromatic carboxylic acids is 2. The molecule has 0 bridgehead atoms. The van der Waals surface area contributed by atoms with Crippen LogP contribution in [-0.2, 0) is 0 Å². The van der Waals surface area contributed by atoms with Gasteiger partial charge in [-0.1, -0.05) is 24.3 Å². The number of carboxylic acids is 2. The zero-order chi connectivity index (χ0) is 11.7. The van der Waals surface area contributed by atoms with Crippen molar-refractivity contribution in [2.45, 2.75) is 0 Å². The smallest absolute Gasteiger partial charge is 0.336 e. The second-order valence-corrected chi connectivity index (χ2v) is 3.36. The number of benzene rings is 2. The molecule has 0 aromatic heterocycles. The summed E-state index contributed by atoms with van der Waals surface area (Å²) in [5, 5.41) is 19.2. The van der Waals surface area contributed by atoms with E-state index in [1.807, 2.05) is 0 Å². The van der Waals surface area contributed by atoms with Crippen molar-refractivity contribution in [3.8, 4) is 0 Å². The third-order valence-electron chi connectivity index (χ3n) is 2.35. The zero-order valence-corrected chi connectivity index (χ0v) is 8.18. The fourth-order valence-corrected chi connectivity index (χ4v) is 1.59. The van der Waals surface area contributed by atoms with Crippen molar-refractivity contribution < 1.29 is 19.8 Å². The molecule has 0 atom stereocenters. The molecule has 0 heterocycles. The van der Waals surface area contributed by atoms with Gasteiger partial charge < -0.3 is 10.2 Å². The lowest BCUT2D eigenvalue weighted by atomic mass is 10.0. The van der Waals surface area contributed by atoms with Crippen LogP contribution in [-0.4, -0.2) is 22.2 Å². The van der Waals surface area contributed by atoms with Crippen molar-refractivity contribution in [3.05, 3.63) is 47.5 Å². The first-order valence-corrected chi connectivity index (χ1v) is 4.59. The van der Waals surface area contributed by atoms with Crippen LogP contribution in [0.3, 0.4) is 0 Å². The maximum atomic E-state index is 10.9. The molecule has 2 aromatic rings. The van der Waals surface area contributed by atoms with Crippen LogP contribution in [0.25, 0.3) is 10.8 Å². The van der Waals surface area contributed by atoms with Gasteiger partial charge in [-0.3, -0.25) is 0 Å². The summed E-state index contributed by atoms with van der Waals surface area (Å²) in [4.78, 5) is 21.8. The molecule has 4 heteroatoms. The van der Waals surface area contributed by atoms with Gasteiger partial charge in [0, 0.05) is 0 Å². The van der Waals surface area contributed by atoms with Gasteiger partial charge in [0.15, 0.2) is 0 Å². The highest BCUT2D eigenvalue weighted by Crippen LogP contribution is 2.20. The number of rotatable bonds is 2. The molecule has 0 radical (unpaired) electrons. The Morgan fingerprint density at radius 2 is 1.19 bits per heavy atom. The van der Waals surface area contributed by atoms with E-state index in [-0.39, 0.29) is 11.1 Å². The van der Waals surface area contributed by atoms with Crippen LogP contribution >= 0.6 is 0 Å². The first kappa shape index (κ1) is 10.2. The van der Waals surface area contributed by atoms with E-state index < -0.39 is 11.9 Å². The molecule has 2 rings (SSSR count). The summed E-state index contributed by atoms with van der Waals surface area (Å²) >= 11 is 0. The first-order chi connectivity index (χ1) is 7.59. The fourth-order valence-electron chi connectivity index (χ4n) is 1.59. The lowest BCUT2D eigenvalue weighted by molar-refractivity contribution is 0.0652. The van der Waals surface area contributed by atoms with Crippen molar-refractivity contribution >= 4 is 22.7 Å². The third-order valence-corrected chi connectivity index (χ3v) is 2.35. The summed E-state index contributed by atoms with van der Waals surface area (Å²) < 4.78 is 0. The van der Waals surface area contributed by atoms with Crippen LogP contribution < -0.4 is 0 Å². The summed E-state index contributed by atoms with van der Waals surface area (Å²) in [5.74, 6) is -2.47. The Morgan fingerprint density at radius 3 is 1.50 bits per heavy atom.